The summed E-state index contributed by atoms with van der Waals surface area (Å²) in [6.07, 6.45) is -12.3. The quantitative estimate of drug-likeness (QED) is 0.220. The van der Waals surface area contributed by atoms with Crippen LogP contribution >= 0.6 is 34.8 Å². The number of alkyl halides is 9. The van der Waals surface area contributed by atoms with Gasteiger partial charge in [0.2, 0.25) is 3.79 Å². The van der Waals surface area contributed by atoms with E-state index < -0.39 is 69.3 Å². The maximum atomic E-state index is 13.6. The normalized spacial score (nSPS) is 17.4. The maximum Gasteiger partial charge on any atom is 0.416 e. The van der Waals surface area contributed by atoms with Crippen LogP contribution in [-0.2, 0) is 28.4 Å². The Morgan fingerprint density at radius 1 is 0.889 bits per heavy atom. The van der Waals surface area contributed by atoms with Gasteiger partial charge in [-0.15, -0.1) is 0 Å². The molecule has 0 radical (unpaired) electrons. The number of amides is 2. The number of methoxy groups -OCH3 is 3. The van der Waals surface area contributed by atoms with E-state index in [1.54, 1.807) is 6.92 Å². The number of benzene rings is 2. The highest BCUT2D eigenvalue weighted by molar-refractivity contribution is 6.68. The molecule has 0 aliphatic carbocycles. The van der Waals surface area contributed by atoms with Crippen LogP contribution in [0.1, 0.15) is 55.5 Å². The van der Waals surface area contributed by atoms with E-state index in [1.807, 2.05) is 0 Å². The summed E-state index contributed by atoms with van der Waals surface area (Å²) >= 11 is 18.0. The van der Waals surface area contributed by atoms with Crippen molar-refractivity contribution >= 4 is 52.7 Å². The number of hydrogen-bond donors (Lipinski definition) is 0. The molecule has 250 valence electrons. The molecule has 8 nitrogen and oxygen atoms in total. The Morgan fingerprint density at radius 3 is 1.84 bits per heavy atom. The molecule has 0 fully saturated rings. The predicted octanol–water partition coefficient (Wildman–Crippen LogP) is 8.94. The summed E-state index contributed by atoms with van der Waals surface area (Å²) < 4.78 is 101. The third-order valence-corrected chi connectivity index (χ3v) is 8.53. The van der Waals surface area contributed by atoms with E-state index in [9.17, 15) is 35.9 Å². The van der Waals surface area contributed by atoms with Gasteiger partial charge >= 0.3 is 24.5 Å². The van der Waals surface area contributed by atoms with Crippen LogP contribution in [-0.4, -0.2) is 53.9 Å². The van der Waals surface area contributed by atoms with E-state index in [0.717, 1.165) is 12.0 Å². The largest absolute Gasteiger partial charge is 0.493 e. The van der Waals surface area contributed by atoms with Crippen molar-refractivity contribution in [2.24, 2.45) is 0 Å². The zero-order valence-electron chi connectivity index (χ0n) is 24.7. The summed E-state index contributed by atoms with van der Waals surface area (Å²) in [5, 5.41) is 0. The second kappa shape index (κ2) is 13.0. The van der Waals surface area contributed by atoms with Crippen molar-refractivity contribution in [3.05, 3.63) is 52.6 Å². The lowest BCUT2D eigenvalue weighted by atomic mass is 9.90. The predicted molar refractivity (Wildman–Crippen MR) is 154 cm³/mol. The highest BCUT2D eigenvalue weighted by Crippen LogP contribution is 2.48. The molecule has 1 aliphatic heterocycles. The lowest BCUT2D eigenvalue weighted by molar-refractivity contribution is -0.143. The smallest absolute Gasteiger partial charge is 0.416 e. The molecule has 1 aliphatic rings. The molecule has 2 aromatic carbocycles. The van der Waals surface area contributed by atoms with Gasteiger partial charge in [-0.05, 0) is 57.0 Å². The average molecular weight is 710 g/mol. The number of ether oxygens (including phenoxy) is 4. The fourth-order valence-corrected chi connectivity index (χ4v) is 4.89. The fraction of sp³-hybridized carbons (Fsp3) is 0.500. The molecule has 0 aromatic heterocycles. The monoisotopic (exact) mass is 708 g/mol. The molecule has 17 heteroatoms. The van der Waals surface area contributed by atoms with Crippen molar-refractivity contribution < 1.29 is 54.9 Å². The number of anilines is 1. The zero-order chi connectivity index (χ0) is 34.3. The van der Waals surface area contributed by atoms with Crippen molar-refractivity contribution in [1.82, 2.24) is 4.90 Å². The number of halogens is 9. The Hall–Kier alpha value is -2.97. The molecular formula is C28H29Cl3F6N2O6. The van der Waals surface area contributed by atoms with E-state index in [4.69, 9.17) is 53.8 Å². The Labute approximate surface area is 270 Å². The minimum absolute atomic E-state index is 0.0106. The topological polar surface area (TPSA) is 77.5 Å². The summed E-state index contributed by atoms with van der Waals surface area (Å²) in [6, 6.07) is 2.01. The van der Waals surface area contributed by atoms with E-state index >= 15 is 0 Å². The standard InChI is InChI=1S/C28H29Cl3F6N2O6/c1-14-7-19(38(23(40)44-6)13-15-8-16(26(32,33)34)10-17(9-15)27(35,36)37)18-11-21(42-4)22(43-5)12-20(18)39(14)24(41)45-25(2,3)28(29,30)31/h8-12,14,19H,7,13H2,1-6H3/t14-,19+/m0/s1. The van der Waals surface area contributed by atoms with Gasteiger partial charge < -0.3 is 18.9 Å². The van der Waals surface area contributed by atoms with Crippen LogP contribution in [0.5, 0.6) is 11.5 Å². The van der Waals surface area contributed by atoms with Crippen LogP contribution in [0.2, 0.25) is 0 Å². The van der Waals surface area contributed by atoms with E-state index in [1.165, 1.54) is 45.1 Å². The Morgan fingerprint density at radius 2 is 1.40 bits per heavy atom. The number of carbonyl (C=O) groups is 2. The Kier molecular flexibility index (Phi) is 10.6. The molecule has 2 aromatic rings. The van der Waals surface area contributed by atoms with Crippen LogP contribution in [0.4, 0.5) is 41.6 Å². The van der Waals surface area contributed by atoms with Gasteiger partial charge in [0, 0.05) is 24.2 Å². The van der Waals surface area contributed by atoms with Gasteiger partial charge in [-0.2, -0.15) is 26.3 Å². The second-order valence-electron chi connectivity index (χ2n) is 10.6. The number of fused-ring (bicyclic) bond motifs is 1. The van der Waals surface area contributed by atoms with Crippen LogP contribution in [0, 0.1) is 0 Å². The number of carbonyl (C=O) groups excluding carboxylic acids is 2. The second-order valence-corrected chi connectivity index (χ2v) is 12.9. The van der Waals surface area contributed by atoms with Crippen molar-refractivity contribution in [1.29, 1.82) is 0 Å². The summed E-state index contributed by atoms with van der Waals surface area (Å²) in [4.78, 5) is 28.9. The minimum atomic E-state index is -5.11. The summed E-state index contributed by atoms with van der Waals surface area (Å²) in [5.74, 6) is 0.300. The summed E-state index contributed by atoms with van der Waals surface area (Å²) in [7, 11) is 3.65. The average Bonchev–Trinajstić information content (AvgIpc) is 2.92. The number of nitrogens with zero attached hydrogens (tertiary/aromatic N) is 2. The third kappa shape index (κ3) is 7.89. The van der Waals surface area contributed by atoms with Crippen molar-refractivity contribution in [3.63, 3.8) is 0 Å². The van der Waals surface area contributed by atoms with Crippen molar-refractivity contribution in [2.75, 3.05) is 26.2 Å². The Balaban J connectivity index is 2.21. The molecule has 0 unspecified atom stereocenters. The Bertz CT molecular complexity index is 1400. The summed E-state index contributed by atoms with van der Waals surface area (Å²) in [5.41, 5.74) is -4.86. The zero-order valence-corrected chi connectivity index (χ0v) is 27.0. The van der Waals surface area contributed by atoms with Gasteiger partial charge in [0.1, 0.15) is 0 Å². The van der Waals surface area contributed by atoms with Crippen LogP contribution in [0.3, 0.4) is 0 Å². The van der Waals surface area contributed by atoms with Gasteiger partial charge in [0.05, 0.1) is 44.2 Å². The van der Waals surface area contributed by atoms with E-state index in [0.29, 0.717) is 12.1 Å². The molecule has 0 spiro atoms. The van der Waals surface area contributed by atoms with Gasteiger partial charge in [-0.1, -0.05) is 34.8 Å². The van der Waals surface area contributed by atoms with Gasteiger partial charge in [0.25, 0.3) is 0 Å². The third-order valence-electron chi connectivity index (χ3n) is 7.16. The number of hydrogen-bond acceptors (Lipinski definition) is 6. The first kappa shape index (κ1) is 36.5. The molecule has 0 bridgehead atoms. The molecule has 0 N–H and O–H groups in total. The molecule has 1 heterocycles. The van der Waals surface area contributed by atoms with Gasteiger partial charge in [-0.3, -0.25) is 9.80 Å². The first-order chi connectivity index (χ1) is 20.5. The lowest BCUT2D eigenvalue weighted by Gasteiger charge is -2.44. The molecule has 0 saturated heterocycles. The lowest BCUT2D eigenvalue weighted by Crippen LogP contribution is -2.51. The van der Waals surface area contributed by atoms with Gasteiger partial charge in [-0.25, -0.2) is 9.59 Å². The molecule has 0 saturated carbocycles. The van der Waals surface area contributed by atoms with Crippen molar-refractivity contribution in [3.8, 4) is 11.5 Å². The fourth-order valence-electron chi connectivity index (χ4n) is 4.78. The highest BCUT2D eigenvalue weighted by atomic mass is 35.6. The van der Waals surface area contributed by atoms with Crippen LogP contribution < -0.4 is 14.4 Å². The first-order valence-corrected chi connectivity index (χ1v) is 14.2. The molecule has 2 amide bonds. The van der Waals surface area contributed by atoms with Gasteiger partial charge in [0.15, 0.2) is 17.1 Å². The molecular weight excluding hydrogens is 681 g/mol. The minimum Gasteiger partial charge on any atom is -0.493 e. The van der Waals surface area contributed by atoms with Crippen molar-refractivity contribution in [2.45, 2.75) is 67.6 Å². The summed E-state index contributed by atoms with van der Waals surface area (Å²) in [6.45, 7) is 3.59. The molecule has 45 heavy (non-hydrogen) atoms. The molecule has 2 atom stereocenters. The number of rotatable bonds is 6. The van der Waals surface area contributed by atoms with Crippen LogP contribution in [0.25, 0.3) is 0 Å². The molecule has 3 rings (SSSR count). The van der Waals surface area contributed by atoms with E-state index in [2.05, 4.69) is 0 Å². The highest BCUT2D eigenvalue weighted by Gasteiger charge is 2.47. The SMILES string of the molecule is COC(=O)N(Cc1cc(C(F)(F)F)cc(C(F)(F)F)c1)[C@@H]1C[C@H](C)N(C(=O)OC(C)(C)C(Cl)(Cl)Cl)c2cc(OC)c(OC)cc21. The van der Waals surface area contributed by atoms with Crippen LogP contribution in [0.15, 0.2) is 30.3 Å². The maximum absolute atomic E-state index is 13.6. The van der Waals surface area contributed by atoms with E-state index in [-0.39, 0.29) is 35.2 Å². The first-order valence-electron chi connectivity index (χ1n) is 13.0.